The molecule has 0 aliphatic heterocycles. The average molecular weight is 223 g/mol. The summed E-state index contributed by atoms with van der Waals surface area (Å²) in [5.74, 6) is 0. The second kappa shape index (κ2) is 4.33. The summed E-state index contributed by atoms with van der Waals surface area (Å²) in [4.78, 5) is 4.46. The van der Waals surface area contributed by atoms with Gasteiger partial charge in [0.25, 0.3) is 0 Å². The van der Waals surface area contributed by atoms with Crippen molar-refractivity contribution >= 4 is 0 Å². The quantitative estimate of drug-likeness (QED) is 0.713. The SMILES string of the molecule is Cc1cc2c(cc1-c1ccccn1)CCCC2. The van der Waals surface area contributed by atoms with Crippen molar-refractivity contribution in [2.24, 2.45) is 0 Å². The zero-order valence-corrected chi connectivity index (χ0v) is 10.2. The highest BCUT2D eigenvalue weighted by molar-refractivity contribution is 5.65. The number of hydrogen-bond acceptors (Lipinski definition) is 1. The van der Waals surface area contributed by atoms with Crippen molar-refractivity contribution in [2.75, 3.05) is 0 Å². The topological polar surface area (TPSA) is 12.9 Å². The van der Waals surface area contributed by atoms with Gasteiger partial charge in [0.1, 0.15) is 0 Å². The second-order valence-corrected chi connectivity index (χ2v) is 4.86. The van der Waals surface area contributed by atoms with Crippen molar-refractivity contribution in [2.45, 2.75) is 32.6 Å². The maximum absolute atomic E-state index is 4.46. The standard InChI is InChI=1S/C16H17N/c1-12-10-13-6-2-3-7-14(13)11-15(12)16-8-4-5-9-17-16/h4-5,8-11H,2-3,6-7H2,1H3. The Morgan fingerprint density at radius 1 is 1.00 bits per heavy atom. The zero-order valence-electron chi connectivity index (χ0n) is 10.2. The third-order valence-corrected chi connectivity index (χ3v) is 3.63. The highest BCUT2D eigenvalue weighted by atomic mass is 14.7. The van der Waals surface area contributed by atoms with E-state index in [9.17, 15) is 0 Å². The van der Waals surface area contributed by atoms with Crippen LogP contribution in [0.5, 0.6) is 0 Å². The van der Waals surface area contributed by atoms with Crippen molar-refractivity contribution in [3.8, 4) is 11.3 Å². The van der Waals surface area contributed by atoms with E-state index >= 15 is 0 Å². The fraction of sp³-hybridized carbons (Fsp3) is 0.312. The molecule has 1 heteroatoms. The predicted molar refractivity (Wildman–Crippen MR) is 71.1 cm³/mol. The van der Waals surface area contributed by atoms with Crippen LogP contribution < -0.4 is 0 Å². The van der Waals surface area contributed by atoms with E-state index in [2.05, 4.69) is 36.2 Å². The van der Waals surface area contributed by atoms with Gasteiger partial charge in [-0.3, -0.25) is 4.98 Å². The number of rotatable bonds is 1. The van der Waals surface area contributed by atoms with Crippen molar-refractivity contribution < 1.29 is 0 Å². The number of nitrogens with zero attached hydrogens (tertiary/aromatic N) is 1. The molecule has 2 aromatic rings. The maximum Gasteiger partial charge on any atom is 0.0704 e. The molecule has 1 aliphatic rings. The van der Waals surface area contributed by atoms with Gasteiger partial charge in [-0.25, -0.2) is 0 Å². The molecule has 0 radical (unpaired) electrons. The Kier molecular flexibility index (Phi) is 2.68. The first kappa shape index (κ1) is 10.5. The van der Waals surface area contributed by atoms with Crippen molar-refractivity contribution in [1.29, 1.82) is 0 Å². The van der Waals surface area contributed by atoms with Crippen molar-refractivity contribution in [3.05, 3.63) is 53.2 Å². The van der Waals surface area contributed by atoms with Gasteiger partial charge in [0.2, 0.25) is 0 Å². The molecule has 0 bridgehead atoms. The number of benzene rings is 1. The third kappa shape index (κ3) is 1.97. The molecule has 0 N–H and O–H groups in total. The third-order valence-electron chi connectivity index (χ3n) is 3.63. The van der Waals surface area contributed by atoms with Crippen LogP contribution in [0.15, 0.2) is 36.5 Å². The minimum atomic E-state index is 1.10. The first-order chi connectivity index (χ1) is 8.34. The lowest BCUT2D eigenvalue weighted by Crippen LogP contribution is -2.04. The molecular weight excluding hydrogens is 206 g/mol. The summed E-state index contributed by atoms with van der Waals surface area (Å²) < 4.78 is 0. The molecule has 0 saturated heterocycles. The Bertz CT molecular complexity index is 529. The lowest BCUT2D eigenvalue weighted by molar-refractivity contribution is 0.685. The van der Waals surface area contributed by atoms with Gasteiger partial charge in [-0.15, -0.1) is 0 Å². The van der Waals surface area contributed by atoms with E-state index in [1.807, 2.05) is 12.3 Å². The van der Waals surface area contributed by atoms with E-state index in [-0.39, 0.29) is 0 Å². The minimum Gasteiger partial charge on any atom is -0.256 e. The lowest BCUT2D eigenvalue weighted by atomic mass is 9.87. The van der Waals surface area contributed by atoms with Crippen LogP contribution in [0.2, 0.25) is 0 Å². The molecule has 1 nitrogen and oxygen atoms in total. The molecule has 1 aromatic heterocycles. The molecule has 0 saturated carbocycles. The fourth-order valence-electron chi connectivity index (χ4n) is 2.71. The Hall–Kier alpha value is -1.63. The van der Waals surface area contributed by atoms with E-state index < -0.39 is 0 Å². The maximum atomic E-state index is 4.46. The van der Waals surface area contributed by atoms with Crippen LogP contribution in [0.4, 0.5) is 0 Å². The van der Waals surface area contributed by atoms with Crippen LogP contribution in [0, 0.1) is 6.92 Å². The largest absolute Gasteiger partial charge is 0.256 e. The first-order valence-electron chi connectivity index (χ1n) is 6.38. The van der Waals surface area contributed by atoms with E-state index in [1.165, 1.54) is 42.4 Å². The normalized spacial score (nSPS) is 14.4. The summed E-state index contributed by atoms with van der Waals surface area (Å²) in [5, 5.41) is 0. The van der Waals surface area contributed by atoms with Crippen LogP contribution in [0.1, 0.15) is 29.5 Å². The average Bonchev–Trinajstić information content (AvgIpc) is 2.39. The van der Waals surface area contributed by atoms with Crippen LogP contribution in [0.25, 0.3) is 11.3 Å². The van der Waals surface area contributed by atoms with Gasteiger partial charge in [0.05, 0.1) is 5.69 Å². The Morgan fingerprint density at radius 2 is 1.76 bits per heavy atom. The van der Waals surface area contributed by atoms with E-state index in [0.717, 1.165) is 5.69 Å². The van der Waals surface area contributed by atoms with Gasteiger partial charge in [-0.1, -0.05) is 12.1 Å². The smallest absolute Gasteiger partial charge is 0.0704 e. The molecule has 0 unspecified atom stereocenters. The van der Waals surface area contributed by atoms with Crippen LogP contribution >= 0.6 is 0 Å². The van der Waals surface area contributed by atoms with Gasteiger partial charge >= 0.3 is 0 Å². The van der Waals surface area contributed by atoms with E-state index in [4.69, 9.17) is 0 Å². The highest BCUT2D eigenvalue weighted by Crippen LogP contribution is 2.29. The molecule has 0 fully saturated rings. The summed E-state index contributed by atoms with van der Waals surface area (Å²) in [6.07, 6.45) is 7.02. The number of aryl methyl sites for hydroxylation is 3. The summed E-state index contributed by atoms with van der Waals surface area (Å²) in [6, 6.07) is 10.8. The van der Waals surface area contributed by atoms with Gasteiger partial charge < -0.3 is 0 Å². The molecule has 1 aliphatic carbocycles. The van der Waals surface area contributed by atoms with E-state index in [0.29, 0.717) is 0 Å². The van der Waals surface area contributed by atoms with Gasteiger partial charge in [-0.2, -0.15) is 0 Å². The van der Waals surface area contributed by atoms with Crippen molar-refractivity contribution in [1.82, 2.24) is 4.98 Å². The molecule has 1 aromatic carbocycles. The predicted octanol–water partition coefficient (Wildman–Crippen LogP) is 3.94. The van der Waals surface area contributed by atoms with E-state index in [1.54, 1.807) is 5.56 Å². The van der Waals surface area contributed by atoms with Crippen LogP contribution in [-0.2, 0) is 12.8 Å². The summed E-state index contributed by atoms with van der Waals surface area (Å²) in [5.41, 5.74) is 6.82. The van der Waals surface area contributed by atoms with Gasteiger partial charge in [-0.05, 0) is 67.5 Å². The summed E-state index contributed by atoms with van der Waals surface area (Å²) in [6.45, 7) is 2.19. The highest BCUT2D eigenvalue weighted by Gasteiger charge is 2.12. The molecule has 0 atom stereocenters. The van der Waals surface area contributed by atoms with Crippen LogP contribution in [0.3, 0.4) is 0 Å². The van der Waals surface area contributed by atoms with Gasteiger partial charge in [0.15, 0.2) is 0 Å². The second-order valence-electron chi connectivity index (χ2n) is 4.86. The number of pyridine rings is 1. The molecule has 1 heterocycles. The monoisotopic (exact) mass is 223 g/mol. The first-order valence-corrected chi connectivity index (χ1v) is 6.38. The summed E-state index contributed by atoms with van der Waals surface area (Å²) in [7, 11) is 0. The molecule has 0 spiro atoms. The number of fused-ring (bicyclic) bond motifs is 1. The molecular formula is C16H17N. The Morgan fingerprint density at radius 3 is 2.47 bits per heavy atom. The number of aromatic nitrogens is 1. The van der Waals surface area contributed by atoms with Gasteiger partial charge in [0, 0.05) is 11.8 Å². The Balaban J connectivity index is 2.12. The van der Waals surface area contributed by atoms with Crippen molar-refractivity contribution in [3.63, 3.8) is 0 Å². The summed E-state index contributed by atoms with van der Waals surface area (Å²) >= 11 is 0. The van der Waals surface area contributed by atoms with Crippen LogP contribution in [-0.4, -0.2) is 4.98 Å². The Labute approximate surface area is 103 Å². The molecule has 0 amide bonds. The molecule has 3 rings (SSSR count). The fourth-order valence-corrected chi connectivity index (χ4v) is 2.71. The zero-order chi connectivity index (χ0) is 11.7. The minimum absolute atomic E-state index is 1.10. The molecule has 86 valence electrons. The lowest BCUT2D eigenvalue weighted by Gasteiger charge is -2.18. The number of hydrogen-bond donors (Lipinski definition) is 0. The molecule has 17 heavy (non-hydrogen) atoms.